The largest absolute Gasteiger partial charge is 0.285 e. The SMILES string of the molecule is CC(C)CC(C)/C=N/N=C1\SCC(=O)N1Cc1ccccc1C(C)C. The molecular weight excluding hydrogens is 330 g/mol. The maximum Gasteiger partial charge on any atom is 0.239 e. The molecule has 1 unspecified atom stereocenters. The van der Waals surface area contributed by atoms with Crippen LogP contribution in [0.4, 0.5) is 0 Å². The van der Waals surface area contributed by atoms with Crippen molar-refractivity contribution in [2.45, 2.75) is 53.5 Å². The van der Waals surface area contributed by atoms with Crippen LogP contribution < -0.4 is 0 Å². The van der Waals surface area contributed by atoms with Crippen molar-refractivity contribution >= 4 is 29.1 Å². The van der Waals surface area contributed by atoms with E-state index < -0.39 is 0 Å². The highest BCUT2D eigenvalue weighted by Gasteiger charge is 2.29. The predicted octanol–water partition coefficient (Wildman–Crippen LogP) is 4.91. The number of hydrogen-bond acceptors (Lipinski definition) is 4. The van der Waals surface area contributed by atoms with Crippen molar-refractivity contribution in [1.82, 2.24) is 4.90 Å². The zero-order chi connectivity index (χ0) is 18.4. The molecular formula is C20H29N3OS. The van der Waals surface area contributed by atoms with Gasteiger partial charge in [-0.1, -0.05) is 70.6 Å². The lowest BCUT2D eigenvalue weighted by Gasteiger charge is -2.19. The fraction of sp³-hybridized carbons (Fsp3) is 0.550. The summed E-state index contributed by atoms with van der Waals surface area (Å²) in [5, 5.41) is 9.27. The maximum atomic E-state index is 12.3. The van der Waals surface area contributed by atoms with Gasteiger partial charge in [-0.3, -0.25) is 9.69 Å². The van der Waals surface area contributed by atoms with Crippen molar-refractivity contribution in [2.24, 2.45) is 22.0 Å². The van der Waals surface area contributed by atoms with Gasteiger partial charge in [0.2, 0.25) is 5.91 Å². The van der Waals surface area contributed by atoms with Crippen molar-refractivity contribution in [2.75, 3.05) is 5.75 Å². The van der Waals surface area contributed by atoms with E-state index in [-0.39, 0.29) is 5.91 Å². The van der Waals surface area contributed by atoms with Crippen LogP contribution in [-0.2, 0) is 11.3 Å². The van der Waals surface area contributed by atoms with E-state index in [4.69, 9.17) is 0 Å². The average Bonchev–Trinajstić information content (AvgIpc) is 2.88. The minimum Gasteiger partial charge on any atom is -0.285 e. The van der Waals surface area contributed by atoms with E-state index in [1.807, 2.05) is 12.3 Å². The molecule has 0 saturated carbocycles. The Morgan fingerprint density at radius 1 is 1.20 bits per heavy atom. The minimum atomic E-state index is 0.104. The molecule has 1 heterocycles. The normalized spacial score (nSPS) is 18.3. The summed E-state index contributed by atoms with van der Waals surface area (Å²) in [4.78, 5) is 14.0. The van der Waals surface area contributed by atoms with Gasteiger partial charge < -0.3 is 0 Å². The summed E-state index contributed by atoms with van der Waals surface area (Å²) in [6, 6.07) is 8.31. The minimum absolute atomic E-state index is 0.104. The zero-order valence-corrected chi connectivity index (χ0v) is 16.7. The molecule has 1 amide bonds. The van der Waals surface area contributed by atoms with Crippen molar-refractivity contribution < 1.29 is 4.79 Å². The first-order valence-electron chi connectivity index (χ1n) is 9.00. The molecule has 1 aromatic carbocycles. The van der Waals surface area contributed by atoms with Gasteiger partial charge in [-0.05, 0) is 35.3 Å². The summed E-state index contributed by atoms with van der Waals surface area (Å²) in [7, 11) is 0. The molecule has 0 N–H and O–H groups in total. The fourth-order valence-electron chi connectivity index (χ4n) is 3.04. The van der Waals surface area contributed by atoms with Crippen molar-refractivity contribution in [3.63, 3.8) is 0 Å². The van der Waals surface area contributed by atoms with Gasteiger partial charge >= 0.3 is 0 Å². The third-order valence-corrected chi connectivity index (χ3v) is 5.12. The van der Waals surface area contributed by atoms with Gasteiger partial charge in [-0.25, -0.2) is 0 Å². The molecule has 1 fully saturated rings. The number of rotatable bonds is 7. The number of amides is 1. The fourth-order valence-corrected chi connectivity index (χ4v) is 3.88. The molecule has 5 heteroatoms. The van der Waals surface area contributed by atoms with E-state index in [0.29, 0.717) is 35.2 Å². The Morgan fingerprint density at radius 3 is 2.60 bits per heavy atom. The van der Waals surface area contributed by atoms with Gasteiger partial charge in [-0.2, -0.15) is 5.10 Å². The second-order valence-corrected chi connectivity index (χ2v) is 8.32. The van der Waals surface area contributed by atoms with Crippen LogP contribution in [0.2, 0.25) is 0 Å². The van der Waals surface area contributed by atoms with Gasteiger partial charge in [0.05, 0.1) is 12.3 Å². The predicted molar refractivity (Wildman–Crippen MR) is 108 cm³/mol. The van der Waals surface area contributed by atoms with Crippen molar-refractivity contribution in [1.29, 1.82) is 0 Å². The molecule has 0 bridgehead atoms. The third kappa shape index (κ3) is 5.70. The number of thioether (sulfide) groups is 1. The molecule has 1 atom stereocenters. The maximum absolute atomic E-state index is 12.3. The molecule has 1 aliphatic heterocycles. The van der Waals surface area contributed by atoms with Crippen LogP contribution in [0.1, 0.15) is 58.1 Å². The van der Waals surface area contributed by atoms with Gasteiger partial charge in [0.25, 0.3) is 0 Å². The highest BCUT2D eigenvalue weighted by molar-refractivity contribution is 8.15. The molecule has 2 rings (SSSR count). The van der Waals surface area contributed by atoms with Crippen molar-refractivity contribution in [3.05, 3.63) is 35.4 Å². The Morgan fingerprint density at radius 2 is 1.92 bits per heavy atom. The molecule has 25 heavy (non-hydrogen) atoms. The number of nitrogens with zero attached hydrogens (tertiary/aromatic N) is 3. The first-order chi connectivity index (χ1) is 11.9. The van der Waals surface area contributed by atoms with Crippen LogP contribution in [0.3, 0.4) is 0 Å². The molecule has 1 aromatic rings. The summed E-state index contributed by atoms with van der Waals surface area (Å²) < 4.78 is 0. The molecule has 1 saturated heterocycles. The standard InChI is InChI=1S/C20H29N3OS/c1-14(2)10-16(5)11-21-22-20-23(19(24)13-25-20)12-17-8-6-7-9-18(17)15(3)4/h6-9,11,14-16H,10,12-13H2,1-5H3/b21-11+,22-20-. The monoisotopic (exact) mass is 359 g/mol. The second kappa shape index (κ2) is 9.18. The first kappa shape index (κ1) is 19.7. The lowest BCUT2D eigenvalue weighted by atomic mass is 9.97. The second-order valence-electron chi connectivity index (χ2n) is 7.38. The summed E-state index contributed by atoms with van der Waals surface area (Å²) in [5.41, 5.74) is 2.46. The van der Waals surface area contributed by atoms with Crippen LogP contribution >= 0.6 is 11.8 Å². The summed E-state index contributed by atoms with van der Waals surface area (Å²) in [6.07, 6.45) is 2.97. The molecule has 136 valence electrons. The smallest absolute Gasteiger partial charge is 0.239 e. The Bertz CT molecular complexity index is 652. The van der Waals surface area contributed by atoms with Crippen LogP contribution in [-0.4, -0.2) is 27.9 Å². The topological polar surface area (TPSA) is 45.0 Å². The number of hydrogen-bond donors (Lipinski definition) is 0. The van der Waals surface area contributed by atoms with Gasteiger partial charge in [-0.15, -0.1) is 5.10 Å². The summed E-state index contributed by atoms with van der Waals surface area (Å²) in [6.45, 7) is 11.5. The van der Waals surface area contributed by atoms with Crippen molar-refractivity contribution in [3.8, 4) is 0 Å². The highest BCUT2D eigenvalue weighted by atomic mass is 32.2. The zero-order valence-electron chi connectivity index (χ0n) is 15.9. The van der Waals surface area contributed by atoms with Crippen LogP contribution in [0.25, 0.3) is 0 Å². The number of carbonyl (C=O) groups is 1. The molecule has 0 aromatic heterocycles. The van der Waals surface area contributed by atoms with E-state index in [1.54, 1.807) is 4.90 Å². The van der Waals surface area contributed by atoms with Gasteiger partial charge in [0.1, 0.15) is 0 Å². The number of benzene rings is 1. The summed E-state index contributed by atoms with van der Waals surface area (Å²) >= 11 is 1.47. The first-order valence-corrected chi connectivity index (χ1v) is 9.99. The average molecular weight is 360 g/mol. The number of carbonyl (C=O) groups excluding carboxylic acids is 1. The molecule has 0 aliphatic carbocycles. The van der Waals surface area contributed by atoms with Gasteiger partial charge in [0.15, 0.2) is 5.17 Å². The third-order valence-electron chi connectivity index (χ3n) is 4.17. The van der Waals surface area contributed by atoms with E-state index in [0.717, 1.165) is 6.42 Å². The molecule has 0 spiro atoms. The van der Waals surface area contributed by atoms with Crippen LogP contribution in [0, 0.1) is 11.8 Å². The Balaban J connectivity index is 2.12. The van der Waals surface area contributed by atoms with E-state index in [2.05, 4.69) is 63.0 Å². The van der Waals surface area contributed by atoms with Crippen LogP contribution in [0.15, 0.2) is 34.5 Å². The number of amidine groups is 1. The molecule has 4 nitrogen and oxygen atoms in total. The van der Waals surface area contributed by atoms with E-state index in [9.17, 15) is 4.79 Å². The lowest BCUT2D eigenvalue weighted by Crippen LogP contribution is -2.29. The molecule has 0 radical (unpaired) electrons. The lowest BCUT2D eigenvalue weighted by molar-refractivity contribution is -0.124. The Labute approximate surface area is 155 Å². The summed E-state index contributed by atoms with van der Waals surface area (Å²) in [5.74, 6) is 2.01. The van der Waals surface area contributed by atoms with E-state index in [1.165, 1.54) is 22.9 Å². The Hall–Kier alpha value is -1.62. The quantitative estimate of drug-likeness (QED) is 0.513. The van der Waals surface area contributed by atoms with Crippen LogP contribution in [0.5, 0.6) is 0 Å². The van der Waals surface area contributed by atoms with Gasteiger partial charge in [0, 0.05) is 6.21 Å². The Kier molecular flexibility index (Phi) is 7.24. The van der Waals surface area contributed by atoms with E-state index >= 15 is 0 Å². The molecule has 1 aliphatic rings. The highest BCUT2D eigenvalue weighted by Crippen LogP contribution is 2.26.